The molecule has 2 rings (SSSR count). The number of thioether (sulfide) groups is 1. The van der Waals surface area contributed by atoms with E-state index >= 15 is 0 Å². The Hall–Kier alpha value is -1.28. The zero-order valence-electron chi connectivity index (χ0n) is 10.6. The highest BCUT2D eigenvalue weighted by atomic mass is 32.2. The Balaban J connectivity index is 1.99. The molecule has 19 heavy (non-hydrogen) atoms. The predicted molar refractivity (Wildman–Crippen MR) is 74.4 cm³/mol. The zero-order chi connectivity index (χ0) is 14.0. The third kappa shape index (κ3) is 3.19. The number of hydrogen-bond acceptors (Lipinski definition) is 5. The molecule has 0 aliphatic carbocycles. The van der Waals surface area contributed by atoms with Crippen LogP contribution in [0.2, 0.25) is 0 Å². The van der Waals surface area contributed by atoms with Gasteiger partial charge in [0, 0.05) is 16.8 Å². The molecule has 2 N–H and O–H groups in total. The molecule has 1 aliphatic rings. The van der Waals surface area contributed by atoms with Crippen LogP contribution >= 0.6 is 23.1 Å². The molecule has 2 heterocycles. The van der Waals surface area contributed by atoms with Crippen molar-refractivity contribution in [3.8, 4) is 0 Å². The lowest BCUT2D eigenvalue weighted by atomic mass is 10.3. The van der Waals surface area contributed by atoms with E-state index in [9.17, 15) is 9.59 Å². The van der Waals surface area contributed by atoms with Crippen molar-refractivity contribution in [2.75, 3.05) is 11.6 Å². The molecule has 1 fully saturated rings. The Labute approximate surface area is 119 Å². The molecule has 1 aliphatic heterocycles. The molecule has 0 spiro atoms. The van der Waals surface area contributed by atoms with Crippen molar-refractivity contribution in [1.29, 1.82) is 0 Å². The largest absolute Gasteiger partial charge is 0.480 e. The highest BCUT2D eigenvalue weighted by molar-refractivity contribution is 7.99. The van der Waals surface area contributed by atoms with E-state index in [1.54, 1.807) is 6.20 Å². The van der Waals surface area contributed by atoms with Crippen molar-refractivity contribution in [2.45, 2.75) is 25.9 Å². The lowest BCUT2D eigenvalue weighted by Gasteiger charge is -2.22. The van der Waals surface area contributed by atoms with Gasteiger partial charge in [0.1, 0.15) is 11.0 Å². The normalized spacial score (nSPS) is 20.3. The van der Waals surface area contributed by atoms with Crippen LogP contribution in [-0.4, -0.2) is 44.7 Å². The number of nitrogens with one attached hydrogen (secondary N) is 1. The number of hydrogen-bond donors (Lipinski definition) is 2. The molecule has 8 heteroatoms. The van der Waals surface area contributed by atoms with Crippen LogP contribution in [0.1, 0.15) is 22.9 Å². The van der Waals surface area contributed by atoms with Crippen LogP contribution < -0.4 is 5.32 Å². The summed E-state index contributed by atoms with van der Waals surface area (Å²) < 4.78 is 0. The third-order valence-electron chi connectivity index (χ3n) is 2.78. The van der Waals surface area contributed by atoms with Gasteiger partial charge in [-0.15, -0.1) is 23.1 Å². The molecule has 0 bridgehead atoms. The van der Waals surface area contributed by atoms with Crippen molar-refractivity contribution in [3.05, 3.63) is 16.1 Å². The molecule has 1 unspecified atom stereocenters. The quantitative estimate of drug-likeness (QED) is 0.887. The van der Waals surface area contributed by atoms with Gasteiger partial charge in [-0.05, 0) is 13.8 Å². The SMILES string of the molecule is Cc1cnc(C(C)NC(=O)N2CSC[C@H]2C(=O)O)s1. The summed E-state index contributed by atoms with van der Waals surface area (Å²) in [7, 11) is 0. The summed E-state index contributed by atoms with van der Waals surface area (Å²) in [5.74, 6) is -0.113. The number of thiazole rings is 1. The monoisotopic (exact) mass is 301 g/mol. The van der Waals surface area contributed by atoms with E-state index < -0.39 is 12.0 Å². The van der Waals surface area contributed by atoms with E-state index in [-0.39, 0.29) is 12.1 Å². The molecular weight excluding hydrogens is 286 g/mol. The molecule has 0 aromatic carbocycles. The van der Waals surface area contributed by atoms with Gasteiger partial charge < -0.3 is 15.3 Å². The van der Waals surface area contributed by atoms with E-state index in [1.165, 1.54) is 28.0 Å². The Kier molecular flexibility index (Phi) is 4.31. The number of urea groups is 1. The van der Waals surface area contributed by atoms with Crippen LogP contribution in [0.25, 0.3) is 0 Å². The fraction of sp³-hybridized carbons (Fsp3) is 0.545. The molecule has 104 valence electrons. The van der Waals surface area contributed by atoms with Crippen LogP contribution in [0.15, 0.2) is 6.20 Å². The number of aromatic nitrogens is 1. The number of amides is 2. The molecule has 2 atom stereocenters. The van der Waals surface area contributed by atoms with E-state index in [1.807, 2.05) is 13.8 Å². The molecule has 1 aromatic heterocycles. The molecule has 2 amide bonds. The van der Waals surface area contributed by atoms with Crippen LogP contribution in [-0.2, 0) is 4.79 Å². The van der Waals surface area contributed by atoms with Gasteiger partial charge in [0.25, 0.3) is 0 Å². The first-order valence-corrected chi connectivity index (χ1v) is 7.76. The van der Waals surface area contributed by atoms with E-state index in [2.05, 4.69) is 10.3 Å². The number of carboxylic acid groups (broad SMARTS) is 1. The van der Waals surface area contributed by atoms with E-state index in [0.29, 0.717) is 11.6 Å². The number of carbonyl (C=O) groups is 2. The first kappa shape index (κ1) is 14.1. The van der Waals surface area contributed by atoms with Gasteiger partial charge in [0.05, 0.1) is 11.9 Å². The number of carboxylic acids is 1. The molecule has 1 aromatic rings. The summed E-state index contributed by atoms with van der Waals surface area (Å²) in [6.07, 6.45) is 1.76. The maximum absolute atomic E-state index is 12.1. The standard InChI is InChI=1S/C11H15N3O3S2/c1-6-3-12-9(19-6)7(2)13-11(17)14-5-18-4-8(14)10(15)16/h3,7-8H,4-5H2,1-2H3,(H,13,17)(H,15,16)/t7?,8-/m0/s1. The van der Waals surface area contributed by atoms with Gasteiger partial charge in [-0.2, -0.15) is 0 Å². The smallest absolute Gasteiger partial charge is 0.327 e. The second-order valence-corrected chi connectivity index (χ2v) is 6.57. The van der Waals surface area contributed by atoms with Gasteiger partial charge in [0.2, 0.25) is 0 Å². The minimum atomic E-state index is -0.960. The fourth-order valence-corrected chi connectivity index (χ4v) is 3.67. The van der Waals surface area contributed by atoms with Crippen molar-refractivity contribution in [1.82, 2.24) is 15.2 Å². The van der Waals surface area contributed by atoms with Crippen molar-refractivity contribution >= 4 is 35.1 Å². The highest BCUT2D eigenvalue weighted by Gasteiger charge is 2.35. The van der Waals surface area contributed by atoms with Gasteiger partial charge in [-0.3, -0.25) is 0 Å². The minimum Gasteiger partial charge on any atom is -0.480 e. The maximum Gasteiger partial charge on any atom is 0.327 e. The second-order valence-electron chi connectivity index (χ2n) is 4.30. The minimum absolute atomic E-state index is 0.216. The van der Waals surface area contributed by atoms with Gasteiger partial charge in [-0.1, -0.05) is 0 Å². The Morgan fingerprint density at radius 3 is 2.95 bits per heavy atom. The van der Waals surface area contributed by atoms with E-state index in [0.717, 1.165) is 9.88 Å². The van der Waals surface area contributed by atoms with E-state index in [4.69, 9.17) is 5.11 Å². The summed E-state index contributed by atoms with van der Waals surface area (Å²) in [6.45, 7) is 3.79. The van der Waals surface area contributed by atoms with Crippen molar-refractivity contribution in [2.24, 2.45) is 0 Å². The van der Waals surface area contributed by atoms with Gasteiger partial charge in [0.15, 0.2) is 0 Å². The first-order chi connectivity index (χ1) is 8.99. The van der Waals surface area contributed by atoms with Gasteiger partial charge in [-0.25, -0.2) is 14.6 Å². The summed E-state index contributed by atoms with van der Waals surface area (Å²) in [5, 5.41) is 12.7. The number of rotatable bonds is 3. The topological polar surface area (TPSA) is 82.5 Å². The van der Waals surface area contributed by atoms with Crippen molar-refractivity contribution in [3.63, 3.8) is 0 Å². The zero-order valence-corrected chi connectivity index (χ0v) is 12.3. The lowest BCUT2D eigenvalue weighted by molar-refractivity contribution is -0.140. The van der Waals surface area contributed by atoms with Crippen molar-refractivity contribution < 1.29 is 14.7 Å². The average Bonchev–Trinajstić information content (AvgIpc) is 2.96. The average molecular weight is 301 g/mol. The summed E-state index contributed by atoms with van der Waals surface area (Å²) in [4.78, 5) is 29.7. The number of nitrogens with zero attached hydrogens (tertiary/aromatic N) is 2. The molecule has 1 saturated heterocycles. The Bertz CT molecular complexity index is 491. The van der Waals surface area contributed by atoms with Crippen LogP contribution in [0.3, 0.4) is 0 Å². The molecule has 0 radical (unpaired) electrons. The summed E-state index contributed by atoms with van der Waals surface area (Å²) in [5.41, 5.74) is 0. The van der Waals surface area contributed by atoms with Crippen LogP contribution in [0, 0.1) is 6.92 Å². The highest BCUT2D eigenvalue weighted by Crippen LogP contribution is 2.23. The summed E-state index contributed by atoms with van der Waals surface area (Å²) >= 11 is 2.97. The predicted octanol–water partition coefficient (Wildman–Crippen LogP) is 1.68. The molecule has 0 saturated carbocycles. The maximum atomic E-state index is 12.1. The Morgan fingerprint density at radius 2 is 2.37 bits per heavy atom. The summed E-state index contributed by atoms with van der Waals surface area (Å²) in [6, 6.07) is -1.31. The lowest BCUT2D eigenvalue weighted by Crippen LogP contribution is -2.47. The number of aryl methyl sites for hydroxylation is 1. The fourth-order valence-electron chi connectivity index (χ4n) is 1.75. The Morgan fingerprint density at radius 1 is 1.63 bits per heavy atom. The number of aliphatic carboxylic acids is 1. The second kappa shape index (κ2) is 5.79. The third-order valence-corrected chi connectivity index (χ3v) is 4.89. The molecular formula is C11H15N3O3S2. The number of carbonyl (C=O) groups excluding carboxylic acids is 1. The first-order valence-electron chi connectivity index (χ1n) is 5.79. The molecule has 6 nitrogen and oxygen atoms in total. The van der Waals surface area contributed by atoms with Crippen LogP contribution in [0.4, 0.5) is 4.79 Å². The van der Waals surface area contributed by atoms with Gasteiger partial charge >= 0.3 is 12.0 Å². The van der Waals surface area contributed by atoms with Crippen LogP contribution in [0.5, 0.6) is 0 Å².